The molecule has 0 unspecified atom stereocenters. The van der Waals surface area contributed by atoms with Gasteiger partial charge in [0.25, 0.3) is 0 Å². The Hall–Kier alpha value is -0.610. The first-order chi connectivity index (χ1) is 6.83. The fraction of sp³-hybridized carbons (Fsp3) is 0.900. The summed E-state index contributed by atoms with van der Waals surface area (Å²) in [6.07, 6.45) is 2.97. The number of carbonyl (C=O) groups excluding carboxylic acids is 1. The summed E-state index contributed by atoms with van der Waals surface area (Å²) in [7, 11) is 0. The lowest BCUT2D eigenvalue weighted by Crippen LogP contribution is -2.33. The van der Waals surface area contributed by atoms with Gasteiger partial charge in [0.15, 0.2) is 0 Å². The first kappa shape index (κ1) is 11.5. The van der Waals surface area contributed by atoms with Crippen molar-refractivity contribution in [2.24, 2.45) is 0 Å². The molecule has 1 saturated heterocycles. The monoisotopic (exact) mass is 200 g/mol. The molecule has 0 saturated carbocycles. The van der Waals surface area contributed by atoms with Crippen molar-refractivity contribution >= 4 is 5.91 Å². The number of carbonyl (C=O) groups is 1. The van der Waals surface area contributed by atoms with Gasteiger partial charge in [0.05, 0.1) is 12.7 Å². The molecule has 0 spiro atoms. The van der Waals surface area contributed by atoms with E-state index in [0.29, 0.717) is 25.7 Å². The fourth-order valence-corrected chi connectivity index (χ4v) is 1.57. The average Bonchev–Trinajstić information content (AvgIpc) is 2.20. The molecule has 0 aromatic carbocycles. The van der Waals surface area contributed by atoms with Crippen molar-refractivity contribution < 1.29 is 9.53 Å². The van der Waals surface area contributed by atoms with Gasteiger partial charge < -0.3 is 15.4 Å². The maximum atomic E-state index is 11.1. The van der Waals surface area contributed by atoms with Gasteiger partial charge in [-0.05, 0) is 32.9 Å². The van der Waals surface area contributed by atoms with Gasteiger partial charge in [0.1, 0.15) is 0 Å². The van der Waals surface area contributed by atoms with E-state index in [2.05, 4.69) is 10.6 Å². The molecule has 0 aromatic heterocycles. The van der Waals surface area contributed by atoms with E-state index in [1.807, 2.05) is 6.92 Å². The van der Waals surface area contributed by atoms with Crippen molar-refractivity contribution in [3.63, 3.8) is 0 Å². The number of hydrogen-bond donors (Lipinski definition) is 2. The second-order valence-electron chi connectivity index (χ2n) is 3.52. The predicted octanol–water partition coefficient (Wildman–Crippen LogP) is 0.281. The SMILES string of the molecule is CCNC(=O)CCOC1CCNCC1. The Morgan fingerprint density at radius 3 is 2.86 bits per heavy atom. The van der Waals surface area contributed by atoms with Crippen molar-refractivity contribution in [3.8, 4) is 0 Å². The van der Waals surface area contributed by atoms with Crippen LogP contribution >= 0.6 is 0 Å². The summed E-state index contributed by atoms with van der Waals surface area (Å²) in [4.78, 5) is 11.1. The predicted molar refractivity (Wildman–Crippen MR) is 55.1 cm³/mol. The van der Waals surface area contributed by atoms with Crippen LogP contribution in [-0.2, 0) is 9.53 Å². The molecule has 1 aliphatic rings. The van der Waals surface area contributed by atoms with E-state index < -0.39 is 0 Å². The molecule has 0 aromatic rings. The van der Waals surface area contributed by atoms with E-state index in [1.54, 1.807) is 0 Å². The van der Waals surface area contributed by atoms with Crippen LogP contribution in [0.2, 0.25) is 0 Å². The minimum atomic E-state index is 0.0847. The van der Waals surface area contributed by atoms with Gasteiger partial charge in [0, 0.05) is 13.0 Å². The molecule has 1 rings (SSSR count). The molecule has 0 radical (unpaired) electrons. The Kier molecular flexibility index (Phi) is 5.56. The molecule has 4 heteroatoms. The second kappa shape index (κ2) is 6.79. The average molecular weight is 200 g/mol. The summed E-state index contributed by atoms with van der Waals surface area (Å²) >= 11 is 0. The highest BCUT2D eigenvalue weighted by Gasteiger charge is 2.13. The van der Waals surface area contributed by atoms with Crippen LogP contribution in [0.4, 0.5) is 0 Å². The molecule has 1 fully saturated rings. The third-order valence-electron chi connectivity index (χ3n) is 2.34. The lowest BCUT2D eigenvalue weighted by molar-refractivity contribution is -0.122. The molecule has 14 heavy (non-hydrogen) atoms. The lowest BCUT2D eigenvalue weighted by Gasteiger charge is -2.22. The summed E-state index contributed by atoms with van der Waals surface area (Å²) in [6.45, 7) is 5.24. The molecule has 1 heterocycles. The zero-order valence-electron chi connectivity index (χ0n) is 8.84. The smallest absolute Gasteiger partial charge is 0.222 e. The molecule has 4 nitrogen and oxygen atoms in total. The first-order valence-electron chi connectivity index (χ1n) is 5.42. The standard InChI is InChI=1S/C10H20N2O2/c1-2-12-10(13)5-8-14-9-3-6-11-7-4-9/h9,11H,2-8H2,1H3,(H,12,13). The van der Waals surface area contributed by atoms with E-state index in [-0.39, 0.29) is 5.91 Å². The Morgan fingerprint density at radius 1 is 1.50 bits per heavy atom. The maximum Gasteiger partial charge on any atom is 0.222 e. The topological polar surface area (TPSA) is 50.4 Å². The lowest BCUT2D eigenvalue weighted by atomic mass is 10.1. The van der Waals surface area contributed by atoms with Gasteiger partial charge in [-0.2, -0.15) is 0 Å². The first-order valence-corrected chi connectivity index (χ1v) is 5.42. The highest BCUT2D eigenvalue weighted by Crippen LogP contribution is 2.07. The summed E-state index contributed by atoms with van der Waals surface area (Å²) < 4.78 is 5.60. The minimum Gasteiger partial charge on any atom is -0.378 e. The molecule has 82 valence electrons. The molecular formula is C10H20N2O2. The number of rotatable bonds is 5. The van der Waals surface area contributed by atoms with Crippen molar-refractivity contribution in [2.75, 3.05) is 26.2 Å². The van der Waals surface area contributed by atoms with Crippen LogP contribution in [0, 0.1) is 0 Å². The van der Waals surface area contributed by atoms with Gasteiger partial charge in [-0.15, -0.1) is 0 Å². The molecular weight excluding hydrogens is 180 g/mol. The molecule has 2 N–H and O–H groups in total. The van der Waals surface area contributed by atoms with Crippen molar-refractivity contribution in [1.29, 1.82) is 0 Å². The van der Waals surface area contributed by atoms with Gasteiger partial charge in [0.2, 0.25) is 5.91 Å². The number of amides is 1. The summed E-state index contributed by atoms with van der Waals surface area (Å²) in [5, 5.41) is 6.03. The van der Waals surface area contributed by atoms with Crippen molar-refractivity contribution in [3.05, 3.63) is 0 Å². The molecule has 0 aliphatic carbocycles. The van der Waals surface area contributed by atoms with Crippen LogP contribution in [0.1, 0.15) is 26.2 Å². The van der Waals surface area contributed by atoms with Crippen LogP contribution in [0.25, 0.3) is 0 Å². The van der Waals surface area contributed by atoms with Gasteiger partial charge in [-0.25, -0.2) is 0 Å². The number of piperidine rings is 1. The van der Waals surface area contributed by atoms with Gasteiger partial charge >= 0.3 is 0 Å². The zero-order valence-corrected chi connectivity index (χ0v) is 8.84. The largest absolute Gasteiger partial charge is 0.378 e. The summed E-state index contributed by atoms with van der Waals surface area (Å²) in [6, 6.07) is 0. The Balaban J connectivity index is 1.99. The molecule has 0 atom stereocenters. The van der Waals surface area contributed by atoms with E-state index in [9.17, 15) is 4.79 Å². The second-order valence-corrected chi connectivity index (χ2v) is 3.52. The van der Waals surface area contributed by atoms with E-state index in [0.717, 1.165) is 25.9 Å². The van der Waals surface area contributed by atoms with Gasteiger partial charge in [-0.3, -0.25) is 4.79 Å². The van der Waals surface area contributed by atoms with Gasteiger partial charge in [-0.1, -0.05) is 0 Å². The zero-order chi connectivity index (χ0) is 10.2. The quantitative estimate of drug-likeness (QED) is 0.670. The Morgan fingerprint density at radius 2 is 2.21 bits per heavy atom. The molecule has 1 aliphatic heterocycles. The van der Waals surface area contributed by atoms with E-state index in [1.165, 1.54) is 0 Å². The van der Waals surface area contributed by atoms with Crippen LogP contribution in [-0.4, -0.2) is 38.3 Å². The van der Waals surface area contributed by atoms with E-state index in [4.69, 9.17) is 4.74 Å². The van der Waals surface area contributed by atoms with Crippen LogP contribution < -0.4 is 10.6 Å². The number of ether oxygens (including phenoxy) is 1. The third-order valence-corrected chi connectivity index (χ3v) is 2.34. The maximum absolute atomic E-state index is 11.1. The summed E-state index contributed by atoms with van der Waals surface area (Å²) in [5.74, 6) is 0.0847. The normalized spacial score (nSPS) is 18.1. The van der Waals surface area contributed by atoms with Crippen LogP contribution in [0.3, 0.4) is 0 Å². The van der Waals surface area contributed by atoms with Crippen molar-refractivity contribution in [1.82, 2.24) is 10.6 Å². The minimum absolute atomic E-state index is 0.0847. The highest BCUT2D eigenvalue weighted by molar-refractivity contribution is 5.75. The fourth-order valence-electron chi connectivity index (χ4n) is 1.57. The highest BCUT2D eigenvalue weighted by atomic mass is 16.5. The molecule has 1 amide bonds. The van der Waals surface area contributed by atoms with Crippen LogP contribution in [0.15, 0.2) is 0 Å². The Labute approximate surface area is 85.4 Å². The summed E-state index contributed by atoms with van der Waals surface area (Å²) in [5.41, 5.74) is 0. The molecule has 0 bridgehead atoms. The van der Waals surface area contributed by atoms with Crippen LogP contribution in [0.5, 0.6) is 0 Å². The van der Waals surface area contributed by atoms with E-state index >= 15 is 0 Å². The number of nitrogens with one attached hydrogen (secondary N) is 2. The third kappa shape index (κ3) is 4.58. The van der Waals surface area contributed by atoms with Crippen molar-refractivity contribution in [2.45, 2.75) is 32.3 Å². The number of hydrogen-bond acceptors (Lipinski definition) is 3. The Bertz CT molecular complexity index is 168.